The maximum absolute atomic E-state index is 10.6. The first kappa shape index (κ1) is 11.5. The van der Waals surface area contributed by atoms with Gasteiger partial charge in [0.15, 0.2) is 0 Å². The molecular formula is C12H14O2Si. The van der Waals surface area contributed by atoms with Crippen molar-refractivity contribution in [1.29, 1.82) is 0 Å². The molecule has 0 unspecified atom stereocenters. The highest BCUT2D eigenvalue weighted by Gasteiger charge is 2.04. The molecule has 0 aliphatic heterocycles. The summed E-state index contributed by atoms with van der Waals surface area (Å²) in [7, 11) is -0.467. The van der Waals surface area contributed by atoms with Gasteiger partial charge in [0.05, 0.1) is 15.1 Å². The van der Waals surface area contributed by atoms with Crippen LogP contribution in [-0.2, 0) is 0 Å². The molecule has 0 radical (unpaired) electrons. The van der Waals surface area contributed by atoms with Gasteiger partial charge in [0.1, 0.15) is 0 Å². The summed E-state index contributed by atoms with van der Waals surface area (Å²) >= 11 is 0. The smallest absolute Gasteiger partial charge is 0.335 e. The molecule has 1 aromatic carbocycles. The summed E-state index contributed by atoms with van der Waals surface area (Å²) in [5, 5.41) is 9.96. The molecule has 0 heterocycles. The topological polar surface area (TPSA) is 37.3 Å². The van der Waals surface area contributed by atoms with Crippen molar-refractivity contribution in [2.24, 2.45) is 0 Å². The predicted octanol–water partition coefficient (Wildman–Crippen LogP) is 1.34. The Bertz CT molecular complexity index is 360. The molecular weight excluding hydrogens is 204 g/mol. The molecule has 2 nitrogen and oxygen atoms in total. The Morgan fingerprint density at radius 2 is 1.80 bits per heavy atom. The fraction of sp³-hybridized carbons (Fsp3) is 0.0833. The summed E-state index contributed by atoms with van der Waals surface area (Å²) in [6, 6.07) is 7.06. The number of allylic oxidation sites excluding steroid dienone is 2. The molecule has 0 aliphatic rings. The van der Waals surface area contributed by atoms with Gasteiger partial charge < -0.3 is 5.11 Å². The molecule has 0 aromatic heterocycles. The van der Waals surface area contributed by atoms with Gasteiger partial charge >= 0.3 is 5.97 Å². The van der Waals surface area contributed by atoms with Crippen LogP contribution in [-0.4, -0.2) is 20.6 Å². The Hall–Kier alpha value is -1.61. The number of rotatable bonds is 5. The van der Waals surface area contributed by atoms with E-state index < -0.39 is 15.5 Å². The quantitative estimate of drug-likeness (QED) is 0.598. The zero-order chi connectivity index (χ0) is 11.3. The normalized spacial score (nSPS) is 10.7. The summed E-state index contributed by atoms with van der Waals surface area (Å²) in [4.78, 5) is 10.6. The van der Waals surface area contributed by atoms with Crippen LogP contribution >= 0.6 is 0 Å². The summed E-state index contributed by atoms with van der Waals surface area (Å²) in [5.74, 6) is -0.882. The molecule has 0 aliphatic carbocycles. The Morgan fingerprint density at radius 3 is 2.20 bits per heavy atom. The lowest BCUT2D eigenvalue weighted by molar-refractivity contribution is 0.0697. The minimum atomic E-state index is -0.882. The van der Waals surface area contributed by atoms with Gasteiger partial charge in [0.25, 0.3) is 0 Å². The van der Waals surface area contributed by atoms with Gasteiger partial charge in [-0.15, -0.1) is 13.2 Å². The monoisotopic (exact) mass is 218 g/mol. The van der Waals surface area contributed by atoms with Gasteiger partial charge in [0, 0.05) is 0 Å². The van der Waals surface area contributed by atoms with Crippen molar-refractivity contribution in [3.63, 3.8) is 0 Å². The second-order valence-electron chi connectivity index (χ2n) is 3.34. The van der Waals surface area contributed by atoms with E-state index in [4.69, 9.17) is 5.11 Å². The first-order valence-corrected chi connectivity index (χ1v) is 6.27. The number of carboxylic acid groups (broad SMARTS) is 1. The van der Waals surface area contributed by atoms with Crippen molar-refractivity contribution in [2.75, 3.05) is 0 Å². The summed E-state index contributed by atoms with van der Waals surface area (Å²) < 4.78 is 0. The van der Waals surface area contributed by atoms with Gasteiger partial charge in [-0.25, -0.2) is 4.79 Å². The van der Waals surface area contributed by atoms with E-state index in [1.54, 1.807) is 12.1 Å². The van der Waals surface area contributed by atoms with E-state index in [0.29, 0.717) is 11.1 Å². The maximum atomic E-state index is 10.6. The van der Waals surface area contributed by atoms with E-state index >= 15 is 0 Å². The molecule has 3 heteroatoms. The van der Waals surface area contributed by atoms with E-state index in [1.807, 2.05) is 24.3 Å². The molecule has 0 atom stereocenters. The lowest BCUT2D eigenvalue weighted by atomic mass is 10.2. The highest BCUT2D eigenvalue weighted by molar-refractivity contribution is 6.56. The molecule has 78 valence electrons. The minimum absolute atomic E-state index is 0.335. The lowest BCUT2D eigenvalue weighted by Gasteiger charge is -2.05. The van der Waals surface area contributed by atoms with Crippen molar-refractivity contribution in [3.05, 3.63) is 55.1 Å². The van der Waals surface area contributed by atoms with E-state index in [1.165, 1.54) is 5.19 Å². The Labute approximate surface area is 91.8 Å². The Balaban J connectivity index is 2.76. The molecule has 1 aromatic rings. The van der Waals surface area contributed by atoms with Crippen LogP contribution in [0.2, 0.25) is 5.54 Å². The average Bonchev–Trinajstić information content (AvgIpc) is 2.26. The molecule has 1 N–H and O–H groups in total. The van der Waals surface area contributed by atoms with Crippen molar-refractivity contribution >= 4 is 20.7 Å². The maximum Gasteiger partial charge on any atom is 0.335 e. The highest BCUT2D eigenvalue weighted by atomic mass is 28.2. The first-order valence-electron chi connectivity index (χ1n) is 4.74. The van der Waals surface area contributed by atoms with Crippen LogP contribution < -0.4 is 5.19 Å². The molecule has 15 heavy (non-hydrogen) atoms. The molecule has 1 rings (SSSR count). The van der Waals surface area contributed by atoms with Crippen LogP contribution in [0, 0.1) is 0 Å². The lowest BCUT2D eigenvalue weighted by Crippen LogP contribution is -2.17. The van der Waals surface area contributed by atoms with Gasteiger partial charge in [-0.1, -0.05) is 29.5 Å². The number of hydrogen-bond acceptors (Lipinski definition) is 1. The highest BCUT2D eigenvalue weighted by Crippen LogP contribution is 2.05. The number of benzene rings is 1. The first-order chi connectivity index (χ1) is 7.17. The fourth-order valence-electron chi connectivity index (χ4n) is 1.32. The number of aromatic carboxylic acids is 1. The molecule has 0 fully saturated rings. The second kappa shape index (κ2) is 5.31. The molecule has 0 saturated carbocycles. The zero-order valence-electron chi connectivity index (χ0n) is 8.52. The van der Waals surface area contributed by atoms with Gasteiger partial charge in [-0.05, 0) is 17.7 Å². The van der Waals surface area contributed by atoms with Crippen LogP contribution in [0.5, 0.6) is 0 Å². The van der Waals surface area contributed by atoms with Gasteiger partial charge in [-0.2, -0.15) is 0 Å². The van der Waals surface area contributed by atoms with Gasteiger partial charge in [-0.3, -0.25) is 0 Å². The number of carbonyl (C=O) groups is 1. The van der Waals surface area contributed by atoms with Crippen LogP contribution in [0.4, 0.5) is 0 Å². The Morgan fingerprint density at radius 1 is 1.27 bits per heavy atom. The molecule has 0 bridgehead atoms. The third-order valence-corrected chi connectivity index (χ3v) is 4.36. The molecule has 0 saturated heterocycles. The number of carboxylic acids is 1. The largest absolute Gasteiger partial charge is 0.478 e. The summed E-state index contributed by atoms with van der Waals surface area (Å²) in [5.41, 5.74) is 0.710. The van der Waals surface area contributed by atoms with Crippen LogP contribution in [0.1, 0.15) is 10.4 Å². The van der Waals surface area contributed by atoms with Crippen LogP contribution in [0.25, 0.3) is 0 Å². The van der Waals surface area contributed by atoms with Crippen molar-refractivity contribution in [1.82, 2.24) is 0 Å². The average molecular weight is 218 g/mol. The van der Waals surface area contributed by atoms with Crippen LogP contribution in [0.15, 0.2) is 49.6 Å². The van der Waals surface area contributed by atoms with E-state index in [2.05, 4.69) is 13.2 Å². The third-order valence-electron chi connectivity index (χ3n) is 2.28. The second-order valence-corrected chi connectivity index (χ2v) is 5.51. The van der Waals surface area contributed by atoms with Crippen molar-refractivity contribution in [3.8, 4) is 0 Å². The van der Waals surface area contributed by atoms with Crippen molar-refractivity contribution in [2.45, 2.75) is 5.54 Å². The van der Waals surface area contributed by atoms with E-state index in [-0.39, 0.29) is 0 Å². The minimum Gasteiger partial charge on any atom is -0.478 e. The standard InChI is InChI=1S/C12H14O2Si/c1-3-10(4-2)15-11-7-5-9(6-8-11)12(13)14/h3-8,10H,1-2,15H2,(H,13,14). The zero-order valence-corrected chi connectivity index (χ0v) is 9.93. The summed E-state index contributed by atoms with van der Waals surface area (Å²) in [6.45, 7) is 7.49. The van der Waals surface area contributed by atoms with Gasteiger partial charge in [0.2, 0.25) is 0 Å². The predicted molar refractivity (Wildman–Crippen MR) is 65.7 cm³/mol. The molecule has 0 spiro atoms. The fourth-order valence-corrected chi connectivity index (χ4v) is 2.70. The van der Waals surface area contributed by atoms with Crippen molar-refractivity contribution < 1.29 is 9.90 Å². The van der Waals surface area contributed by atoms with E-state index in [9.17, 15) is 4.79 Å². The molecule has 0 amide bonds. The number of hydrogen-bond donors (Lipinski definition) is 1. The SMILES string of the molecule is C=CC(C=C)[SiH2]c1ccc(C(=O)O)cc1. The van der Waals surface area contributed by atoms with E-state index in [0.717, 1.165) is 0 Å². The Kier molecular flexibility index (Phi) is 4.06. The van der Waals surface area contributed by atoms with Crippen LogP contribution in [0.3, 0.4) is 0 Å². The summed E-state index contributed by atoms with van der Waals surface area (Å²) in [6.07, 6.45) is 3.79. The third kappa shape index (κ3) is 3.22.